The number of rotatable bonds is 9. The molecule has 1 aliphatic heterocycles. The SMILES string of the molecule is CN(C)CC(=O)Nc1ccc2c(c1)[nH]c(=O)c1cccc(OCCCCN3CCCCC3)c12. The minimum absolute atomic E-state index is 0.101. The van der Waals surface area contributed by atoms with Gasteiger partial charge in [-0.1, -0.05) is 18.6 Å². The molecule has 0 atom stereocenters. The van der Waals surface area contributed by atoms with Crippen molar-refractivity contribution in [2.45, 2.75) is 32.1 Å². The van der Waals surface area contributed by atoms with Gasteiger partial charge in [-0.3, -0.25) is 9.59 Å². The third-order valence-corrected chi connectivity index (χ3v) is 6.13. The normalized spacial score (nSPS) is 14.8. The molecule has 0 aliphatic carbocycles. The van der Waals surface area contributed by atoms with Crippen molar-refractivity contribution < 1.29 is 9.53 Å². The summed E-state index contributed by atoms with van der Waals surface area (Å²) in [6.07, 6.45) is 6.08. The van der Waals surface area contributed by atoms with Gasteiger partial charge in [-0.15, -0.1) is 0 Å². The summed E-state index contributed by atoms with van der Waals surface area (Å²) < 4.78 is 6.16. The number of benzene rings is 2. The Morgan fingerprint density at radius 1 is 1.09 bits per heavy atom. The topological polar surface area (TPSA) is 77.7 Å². The molecule has 1 amide bonds. The molecule has 7 heteroatoms. The Hall–Kier alpha value is -2.90. The lowest BCUT2D eigenvalue weighted by atomic mass is 10.0. The van der Waals surface area contributed by atoms with Gasteiger partial charge in [-0.25, -0.2) is 0 Å². The lowest BCUT2D eigenvalue weighted by Crippen LogP contribution is -2.30. The highest BCUT2D eigenvalue weighted by Crippen LogP contribution is 2.31. The molecule has 0 bridgehead atoms. The summed E-state index contributed by atoms with van der Waals surface area (Å²) in [7, 11) is 3.69. The number of unbranched alkanes of at least 4 members (excludes halogenated alkanes) is 1. The van der Waals surface area contributed by atoms with Crippen LogP contribution in [-0.4, -0.2) is 67.6 Å². The third-order valence-electron chi connectivity index (χ3n) is 6.13. The maximum absolute atomic E-state index is 12.8. The minimum atomic E-state index is -0.162. The van der Waals surface area contributed by atoms with Crippen molar-refractivity contribution in [2.24, 2.45) is 0 Å². The van der Waals surface area contributed by atoms with Crippen LogP contribution in [0.2, 0.25) is 0 Å². The van der Waals surface area contributed by atoms with Crippen LogP contribution in [0.5, 0.6) is 5.75 Å². The van der Waals surface area contributed by atoms with Crippen LogP contribution >= 0.6 is 0 Å². The van der Waals surface area contributed by atoms with Gasteiger partial charge in [0.25, 0.3) is 5.56 Å². The second kappa shape index (κ2) is 10.8. The monoisotopic (exact) mass is 450 g/mol. The molecular weight excluding hydrogens is 416 g/mol. The Kier molecular flexibility index (Phi) is 7.62. The summed E-state index contributed by atoms with van der Waals surface area (Å²) >= 11 is 0. The van der Waals surface area contributed by atoms with Crippen molar-refractivity contribution in [1.82, 2.24) is 14.8 Å². The van der Waals surface area contributed by atoms with E-state index in [9.17, 15) is 9.59 Å². The molecule has 0 unspecified atom stereocenters. The molecule has 3 aromatic rings. The molecule has 2 N–H and O–H groups in total. The van der Waals surface area contributed by atoms with E-state index in [-0.39, 0.29) is 11.5 Å². The Morgan fingerprint density at radius 2 is 1.91 bits per heavy atom. The Labute approximate surface area is 194 Å². The summed E-state index contributed by atoms with van der Waals surface area (Å²) in [4.78, 5) is 32.2. The van der Waals surface area contributed by atoms with E-state index in [1.807, 2.05) is 49.3 Å². The number of nitrogens with one attached hydrogen (secondary N) is 2. The van der Waals surface area contributed by atoms with Gasteiger partial charge in [0, 0.05) is 16.5 Å². The van der Waals surface area contributed by atoms with E-state index in [0.717, 1.165) is 35.9 Å². The smallest absolute Gasteiger partial charge is 0.256 e. The van der Waals surface area contributed by atoms with E-state index in [0.29, 0.717) is 29.7 Å². The van der Waals surface area contributed by atoms with Gasteiger partial charge in [-0.2, -0.15) is 0 Å². The molecule has 1 aliphatic rings. The molecule has 7 nitrogen and oxygen atoms in total. The summed E-state index contributed by atoms with van der Waals surface area (Å²) in [5.41, 5.74) is 1.17. The third kappa shape index (κ3) is 5.92. The predicted molar refractivity (Wildman–Crippen MR) is 134 cm³/mol. The number of fused-ring (bicyclic) bond motifs is 3. The lowest BCUT2D eigenvalue weighted by molar-refractivity contribution is -0.116. The number of carbonyl (C=O) groups is 1. The number of hydrogen-bond donors (Lipinski definition) is 2. The van der Waals surface area contributed by atoms with Crippen molar-refractivity contribution >= 4 is 33.3 Å². The number of pyridine rings is 1. The van der Waals surface area contributed by atoms with Crippen molar-refractivity contribution in [1.29, 1.82) is 0 Å². The number of ether oxygens (including phenoxy) is 1. The molecule has 33 heavy (non-hydrogen) atoms. The first-order valence-corrected chi connectivity index (χ1v) is 11.9. The van der Waals surface area contributed by atoms with Gasteiger partial charge >= 0.3 is 0 Å². The van der Waals surface area contributed by atoms with E-state index >= 15 is 0 Å². The second-order valence-electron chi connectivity index (χ2n) is 9.14. The van der Waals surface area contributed by atoms with Gasteiger partial charge < -0.3 is 24.8 Å². The number of nitrogens with zero attached hydrogens (tertiary/aromatic N) is 2. The Morgan fingerprint density at radius 3 is 2.70 bits per heavy atom. The zero-order valence-electron chi connectivity index (χ0n) is 19.7. The molecule has 1 fully saturated rings. The first kappa shape index (κ1) is 23.3. The van der Waals surface area contributed by atoms with E-state index in [2.05, 4.69) is 15.2 Å². The van der Waals surface area contributed by atoms with Crippen LogP contribution in [0.15, 0.2) is 41.2 Å². The number of aromatic amines is 1. The molecule has 2 heterocycles. The first-order valence-electron chi connectivity index (χ1n) is 11.9. The predicted octanol–water partition coefficient (Wildman–Crippen LogP) is 3.83. The standard InChI is InChI=1S/C26H34N4O3/c1-29(2)18-24(31)27-19-11-12-20-22(17-19)28-26(32)21-9-8-10-23(25(20)21)33-16-7-6-15-30-13-4-3-5-14-30/h8-12,17H,3-7,13-16,18H2,1-2H3,(H,27,31)(H,28,32). The number of likely N-dealkylation sites (tertiary alicyclic amines) is 1. The average Bonchev–Trinajstić information content (AvgIpc) is 2.79. The van der Waals surface area contributed by atoms with Crippen molar-refractivity contribution in [2.75, 3.05) is 52.2 Å². The van der Waals surface area contributed by atoms with E-state index in [1.165, 1.54) is 32.4 Å². The molecule has 1 aromatic heterocycles. The number of H-pyrrole nitrogens is 1. The largest absolute Gasteiger partial charge is 0.493 e. The van der Waals surface area contributed by atoms with E-state index in [4.69, 9.17) is 4.74 Å². The number of carbonyl (C=O) groups excluding carboxylic acids is 1. The quantitative estimate of drug-likeness (QED) is 0.383. The summed E-state index contributed by atoms with van der Waals surface area (Å²) in [6.45, 7) is 4.48. The van der Waals surface area contributed by atoms with Gasteiger partial charge in [0.05, 0.1) is 24.1 Å². The van der Waals surface area contributed by atoms with Crippen molar-refractivity contribution in [3.8, 4) is 5.75 Å². The highest BCUT2D eigenvalue weighted by molar-refractivity contribution is 6.09. The number of aromatic nitrogens is 1. The summed E-state index contributed by atoms with van der Waals surface area (Å²) in [6, 6.07) is 11.2. The minimum Gasteiger partial charge on any atom is -0.493 e. The molecule has 0 radical (unpaired) electrons. The number of hydrogen-bond acceptors (Lipinski definition) is 5. The zero-order chi connectivity index (χ0) is 23.2. The van der Waals surface area contributed by atoms with Gasteiger partial charge in [0.15, 0.2) is 0 Å². The van der Waals surface area contributed by atoms with Crippen molar-refractivity contribution in [3.63, 3.8) is 0 Å². The first-order chi connectivity index (χ1) is 16.0. The average molecular weight is 451 g/mol. The Bertz CT molecular complexity index is 1170. The fourth-order valence-electron chi connectivity index (χ4n) is 4.54. The summed E-state index contributed by atoms with van der Waals surface area (Å²) in [5, 5.41) is 5.21. The number of likely N-dealkylation sites (N-methyl/N-ethyl adjacent to an activating group) is 1. The summed E-state index contributed by atoms with van der Waals surface area (Å²) in [5.74, 6) is 0.627. The maximum Gasteiger partial charge on any atom is 0.256 e. The fraction of sp³-hybridized carbons (Fsp3) is 0.462. The van der Waals surface area contributed by atoms with Crippen molar-refractivity contribution in [3.05, 3.63) is 46.8 Å². The van der Waals surface area contributed by atoms with Crippen LogP contribution in [-0.2, 0) is 4.79 Å². The van der Waals surface area contributed by atoms with Gasteiger partial charge in [0.1, 0.15) is 5.75 Å². The molecular formula is C26H34N4O3. The van der Waals surface area contributed by atoms with E-state index < -0.39 is 0 Å². The van der Waals surface area contributed by atoms with Crippen LogP contribution in [0.4, 0.5) is 5.69 Å². The Balaban J connectivity index is 1.50. The van der Waals surface area contributed by atoms with Gasteiger partial charge in [0.2, 0.25) is 5.91 Å². The molecule has 2 aromatic carbocycles. The van der Waals surface area contributed by atoms with Crippen LogP contribution in [0.25, 0.3) is 21.7 Å². The zero-order valence-corrected chi connectivity index (χ0v) is 19.7. The highest BCUT2D eigenvalue weighted by Gasteiger charge is 2.13. The maximum atomic E-state index is 12.8. The van der Waals surface area contributed by atoms with Crippen LogP contribution in [0, 0.1) is 0 Å². The number of piperidine rings is 1. The van der Waals surface area contributed by atoms with Crippen LogP contribution in [0.1, 0.15) is 32.1 Å². The number of amides is 1. The molecule has 1 saturated heterocycles. The second-order valence-corrected chi connectivity index (χ2v) is 9.14. The van der Waals surface area contributed by atoms with Crippen LogP contribution < -0.4 is 15.6 Å². The molecule has 4 rings (SSSR count). The fourth-order valence-corrected chi connectivity index (χ4v) is 4.54. The van der Waals surface area contributed by atoms with E-state index in [1.54, 1.807) is 6.07 Å². The molecule has 0 spiro atoms. The molecule has 176 valence electrons. The van der Waals surface area contributed by atoms with Gasteiger partial charge in [-0.05, 0) is 83.7 Å². The van der Waals surface area contributed by atoms with Crippen LogP contribution in [0.3, 0.4) is 0 Å². The molecule has 0 saturated carbocycles. The lowest BCUT2D eigenvalue weighted by Gasteiger charge is -2.26. The number of anilines is 1. The highest BCUT2D eigenvalue weighted by atomic mass is 16.5.